The molecule has 0 saturated heterocycles. The first kappa shape index (κ1) is 14.2. The standard InChI is InChI=1S/C15H18N6O/c1-15(2,3)8-10-6-4-5-7-11(10)12(22)18-14-20-19-13-16-9-17-21(13)14/h4-7,9H,8H2,1-3H3,(H,16,17,19)(H,18,20,22). The Kier molecular flexibility index (Phi) is 3.40. The van der Waals surface area contributed by atoms with Crippen LogP contribution in [0.5, 0.6) is 0 Å². The van der Waals surface area contributed by atoms with Gasteiger partial charge in [-0.05, 0) is 23.5 Å². The van der Waals surface area contributed by atoms with Gasteiger partial charge in [-0.2, -0.15) is 9.50 Å². The fourth-order valence-corrected chi connectivity index (χ4v) is 2.34. The molecule has 0 fully saturated rings. The zero-order valence-corrected chi connectivity index (χ0v) is 12.8. The first-order valence-corrected chi connectivity index (χ1v) is 7.08. The Labute approximate surface area is 127 Å². The minimum Gasteiger partial charge on any atom is -0.289 e. The lowest BCUT2D eigenvalue weighted by Gasteiger charge is -2.20. The number of hydrogen-bond donors (Lipinski definition) is 2. The largest absolute Gasteiger partial charge is 0.289 e. The molecule has 0 aliphatic rings. The van der Waals surface area contributed by atoms with E-state index in [-0.39, 0.29) is 11.3 Å². The number of carbonyl (C=O) groups excluding carboxylic acids is 1. The highest BCUT2D eigenvalue weighted by Gasteiger charge is 2.19. The highest BCUT2D eigenvalue weighted by molar-refractivity contribution is 6.04. The number of aromatic nitrogens is 5. The molecule has 0 radical (unpaired) electrons. The van der Waals surface area contributed by atoms with Gasteiger partial charge in [-0.1, -0.05) is 39.0 Å². The van der Waals surface area contributed by atoms with Crippen LogP contribution < -0.4 is 5.32 Å². The summed E-state index contributed by atoms with van der Waals surface area (Å²) in [6, 6.07) is 7.61. The third kappa shape index (κ3) is 2.83. The van der Waals surface area contributed by atoms with Crippen molar-refractivity contribution >= 4 is 17.6 Å². The van der Waals surface area contributed by atoms with Crippen LogP contribution in [0.2, 0.25) is 0 Å². The molecule has 2 heterocycles. The van der Waals surface area contributed by atoms with Gasteiger partial charge in [0.05, 0.1) is 0 Å². The minimum atomic E-state index is -0.205. The fraction of sp³-hybridized carbons (Fsp3) is 0.333. The molecule has 0 atom stereocenters. The van der Waals surface area contributed by atoms with Gasteiger partial charge in [-0.3, -0.25) is 15.2 Å². The molecule has 0 unspecified atom stereocenters. The zero-order chi connectivity index (χ0) is 15.7. The van der Waals surface area contributed by atoms with Crippen LogP contribution in [-0.2, 0) is 6.42 Å². The van der Waals surface area contributed by atoms with Crippen LogP contribution in [0.15, 0.2) is 30.6 Å². The highest BCUT2D eigenvalue weighted by Crippen LogP contribution is 2.23. The third-order valence-corrected chi connectivity index (χ3v) is 3.22. The van der Waals surface area contributed by atoms with Crippen molar-refractivity contribution in [2.45, 2.75) is 27.2 Å². The number of aromatic amines is 1. The van der Waals surface area contributed by atoms with Gasteiger partial charge in [-0.25, -0.2) is 0 Å². The van der Waals surface area contributed by atoms with E-state index in [1.54, 1.807) is 0 Å². The Morgan fingerprint density at radius 2 is 2.05 bits per heavy atom. The van der Waals surface area contributed by atoms with E-state index in [1.165, 1.54) is 10.8 Å². The number of anilines is 1. The van der Waals surface area contributed by atoms with Crippen molar-refractivity contribution in [3.05, 3.63) is 41.7 Å². The highest BCUT2D eigenvalue weighted by atomic mass is 16.1. The molecule has 1 amide bonds. The van der Waals surface area contributed by atoms with E-state index < -0.39 is 0 Å². The van der Waals surface area contributed by atoms with Crippen molar-refractivity contribution < 1.29 is 4.79 Å². The van der Waals surface area contributed by atoms with Crippen molar-refractivity contribution in [1.29, 1.82) is 0 Å². The summed E-state index contributed by atoms with van der Waals surface area (Å²) >= 11 is 0. The van der Waals surface area contributed by atoms with Gasteiger partial charge in [0, 0.05) is 5.56 Å². The van der Waals surface area contributed by atoms with E-state index in [0.29, 0.717) is 17.3 Å². The molecule has 0 aliphatic heterocycles. The van der Waals surface area contributed by atoms with E-state index in [1.807, 2.05) is 24.3 Å². The molecule has 114 valence electrons. The number of H-pyrrole nitrogens is 1. The topological polar surface area (TPSA) is 88.0 Å². The van der Waals surface area contributed by atoms with Crippen molar-refractivity contribution in [3.8, 4) is 0 Å². The Morgan fingerprint density at radius 3 is 2.82 bits per heavy atom. The van der Waals surface area contributed by atoms with Gasteiger partial charge in [0.2, 0.25) is 0 Å². The maximum Gasteiger partial charge on any atom is 0.273 e. The molecule has 0 aliphatic carbocycles. The van der Waals surface area contributed by atoms with Gasteiger partial charge >= 0.3 is 0 Å². The van der Waals surface area contributed by atoms with Crippen LogP contribution in [0.25, 0.3) is 5.78 Å². The van der Waals surface area contributed by atoms with Crippen LogP contribution in [0.3, 0.4) is 0 Å². The first-order valence-electron chi connectivity index (χ1n) is 7.08. The molecular formula is C15H18N6O. The lowest BCUT2D eigenvalue weighted by molar-refractivity contribution is 0.102. The Balaban J connectivity index is 1.88. The number of fused-ring (bicyclic) bond motifs is 1. The number of amides is 1. The van der Waals surface area contributed by atoms with Crippen LogP contribution in [0.4, 0.5) is 5.95 Å². The second kappa shape index (κ2) is 5.25. The second-order valence-electron chi connectivity index (χ2n) is 6.40. The summed E-state index contributed by atoms with van der Waals surface area (Å²) in [5, 5.41) is 13.4. The van der Waals surface area contributed by atoms with Crippen LogP contribution in [0.1, 0.15) is 36.7 Å². The molecular weight excluding hydrogens is 280 g/mol. The molecule has 3 aromatic rings. The summed E-state index contributed by atoms with van der Waals surface area (Å²) in [5.41, 5.74) is 1.76. The third-order valence-electron chi connectivity index (χ3n) is 3.22. The van der Waals surface area contributed by atoms with E-state index in [0.717, 1.165) is 12.0 Å². The predicted octanol–water partition coefficient (Wildman–Crippen LogP) is 2.29. The minimum absolute atomic E-state index is 0.0991. The summed E-state index contributed by atoms with van der Waals surface area (Å²) in [4.78, 5) is 16.5. The Bertz CT molecular complexity index is 811. The average Bonchev–Trinajstić information content (AvgIpc) is 3.02. The van der Waals surface area contributed by atoms with Crippen molar-refractivity contribution in [2.75, 3.05) is 5.32 Å². The summed E-state index contributed by atoms with van der Waals surface area (Å²) in [6.07, 6.45) is 2.31. The first-order chi connectivity index (χ1) is 10.4. The maximum absolute atomic E-state index is 12.6. The van der Waals surface area contributed by atoms with Crippen LogP contribution in [-0.4, -0.2) is 30.7 Å². The zero-order valence-electron chi connectivity index (χ0n) is 12.8. The van der Waals surface area contributed by atoms with Crippen LogP contribution in [0, 0.1) is 5.41 Å². The number of rotatable bonds is 3. The molecule has 3 rings (SSSR count). The summed E-state index contributed by atoms with van der Waals surface area (Å²) < 4.78 is 1.52. The molecule has 7 nitrogen and oxygen atoms in total. The van der Waals surface area contributed by atoms with Gasteiger partial charge in [-0.15, -0.1) is 10.2 Å². The van der Waals surface area contributed by atoms with Crippen molar-refractivity contribution in [3.63, 3.8) is 0 Å². The number of hydrogen-bond acceptors (Lipinski definition) is 4. The van der Waals surface area contributed by atoms with E-state index >= 15 is 0 Å². The SMILES string of the molecule is CC(C)(C)Cc1ccccc1C(=O)Nc1nnc2nc[nH]n12. The number of carbonyl (C=O) groups is 1. The predicted molar refractivity (Wildman–Crippen MR) is 82.7 cm³/mol. The van der Waals surface area contributed by atoms with E-state index in [4.69, 9.17) is 0 Å². The van der Waals surface area contributed by atoms with Gasteiger partial charge in [0.1, 0.15) is 6.33 Å². The molecule has 22 heavy (non-hydrogen) atoms. The average molecular weight is 298 g/mol. The van der Waals surface area contributed by atoms with E-state index in [2.05, 4.69) is 46.4 Å². The summed E-state index contributed by atoms with van der Waals surface area (Å²) in [5.74, 6) is 0.532. The normalized spacial score (nSPS) is 11.8. The second-order valence-corrected chi connectivity index (χ2v) is 6.40. The van der Waals surface area contributed by atoms with Gasteiger partial charge in [0.15, 0.2) is 0 Å². The van der Waals surface area contributed by atoms with Gasteiger partial charge in [0.25, 0.3) is 17.6 Å². The molecule has 0 bridgehead atoms. The molecule has 2 aromatic heterocycles. The summed E-state index contributed by atoms with van der Waals surface area (Å²) in [6.45, 7) is 6.44. The Hall–Kier alpha value is -2.70. The number of nitrogens with zero attached hydrogens (tertiary/aromatic N) is 4. The monoisotopic (exact) mass is 298 g/mol. The molecule has 0 saturated carbocycles. The molecule has 2 N–H and O–H groups in total. The number of nitrogens with one attached hydrogen (secondary N) is 2. The van der Waals surface area contributed by atoms with E-state index in [9.17, 15) is 4.79 Å². The fourth-order valence-electron chi connectivity index (χ4n) is 2.34. The molecule has 7 heteroatoms. The number of benzene rings is 1. The van der Waals surface area contributed by atoms with Crippen molar-refractivity contribution in [1.82, 2.24) is 24.8 Å². The van der Waals surface area contributed by atoms with Crippen LogP contribution >= 0.6 is 0 Å². The van der Waals surface area contributed by atoms with Crippen molar-refractivity contribution in [2.24, 2.45) is 5.41 Å². The Morgan fingerprint density at radius 1 is 1.27 bits per heavy atom. The van der Waals surface area contributed by atoms with Gasteiger partial charge < -0.3 is 0 Å². The lowest BCUT2D eigenvalue weighted by atomic mass is 9.86. The summed E-state index contributed by atoms with van der Waals surface area (Å²) in [7, 11) is 0. The molecule has 0 spiro atoms. The quantitative estimate of drug-likeness (QED) is 0.776. The smallest absolute Gasteiger partial charge is 0.273 e. The lowest BCUT2D eigenvalue weighted by Crippen LogP contribution is -2.19. The maximum atomic E-state index is 12.6. The molecule has 1 aromatic carbocycles.